The van der Waals surface area contributed by atoms with Gasteiger partial charge in [-0.1, -0.05) is 0 Å². The van der Waals surface area contributed by atoms with E-state index in [4.69, 9.17) is 9.84 Å². The molecule has 1 heterocycles. The van der Waals surface area contributed by atoms with Crippen molar-refractivity contribution in [1.29, 1.82) is 0 Å². The average Bonchev–Trinajstić information content (AvgIpc) is 2.18. The number of hydrogen-bond donors (Lipinski definition) is 1. The van der Waals surface area contributed by atoms with Crippen molar-refractivity contribution in [2.45, 2.75) is 25.3 Å². The number of nitrogens with zero attached hydrogens (tertiary/aromatic N) is 1. The molecule has 0 aromatic heterocycles. The van der Waals surface area contributed by atoms with Crippen LogP contribution in [0.1, 0.15) is 19.3 Å². The molecule has 1 aliphatic rings. The van der Waals surface area contributed by atoms with Gasteiger partial charge in [0.05, 0.1) is 0 Å². The van der Waals surface area contributed by atoms with Crippen LogP contribution in [-0.2, 0) is 14.3 Å². The number of aliphatic carboxylic acids is 1. The number of ether oxygens (including phenoxy) is 1. The second-order valence-corrected chi connectivity index (χ2v) is 3.37. The molecule has 0 unspecified atom stereocenters. The van der Waals surface area contributed by atoms with Crippen molar-refractivity contribution in [1.82, 2.24) is 4.90 Å². The molecule has 1 atom stereocenters. The summed E-state index contributed by atoms with van der Waals surface area (Å²) < 4.78 is 4.70. The highest BCUT2D eigenvalue weighted by molar-refractivity contribution is 5.84. The first-order valence-electron chi connectivity index (χ1n) is 4.68. The summed E-state index contributed by atoms with van der Waals surface area (Å²) in [7, 11) is 1.43. The van der Waals surface area contributed by atoms with Crippen molar-refractivity contribution in [3.63, 3.8) is 0 Å². The molecule has 1 saturated heterocycles. The summed E-state index contributed by atoms with van der Waals surface area (Å²) in [6, 6.07) is -0.661. The van der Waals surface area contributed by atoms with Gasteiger partial charge in [0, 0.05) is 13.7 Å². The smallest absolute Gasteiger partial charge is 0.326 e. The first kappa shape index (κ1) is 11.0. The van der Waals surface area contributed by atoms with E-state index in [0.29, 0.717) is 13.0 Å². The Kier molecular flexibility index (Phi) is 3.88. The van der Waals surface area contributed by atoms with Crippen molar-refractivity contribution < 1.29 is 19.4 Å². The van der Waals surface area contributed by atoms with Crippen LogP contribution in [0, 0.1) is 0 Å². The van der Waals surface area contributed by atoms with Crippen LogP contribution in [0.5, 0.6) is 0 Å². The van der Waals surface area contributed by atoms with E-state index in [-0.39, 0.29) is 12.5 Å². The number of carboxylic acids is 1. The lowest BCUT2D eigenvalue weighted by Gasteiger charge is -2.32. The topological polar surface area (TPSA) is 66.8 Å². The van der Waals surface area contributed by atoms with Crippen LogP contribution in [0.2, 0.25) is 0 Å². The minimum absolute atomic E-state index is 0.0379. The zero-order chi connectivity index (χ0) is 10.6. The first-order valence-corrected chi connectivity index (χ1v) is 4.68. The second kappa shape index (κ2) is 4.95. The number of amides is 1. The van der Waals surface area contributed by atoms with Gasteiger partial charge in [-0.15, -0.1) is 0 Å². The number of carbonyl (C=O) groups is 2. The molecule has 80 valence electrons. The van der Waals surface area contributed by atoms with Crippen LogP contribution in [0.3, 0.4) is 0 Å². The Morgan fingerprint density at radius 3 is 2.79 bits per heavy atom. The maximum absolute atomic E-state index is 11.5. The molecule has 0 aromatic rings. The van der Waals surface area contributed by atoms with E-state index in [9.17, 15) is 9.59 Å². The second-order valence-electron chi connectivity index (χ2n) is 3.37. The van der Waals surface area contributed by atoms with Crippen LogP contribution in [0.15, 0.2) is 0 Å². The summed E-state index contributed by atoms with van der Waals surface area (Å²) in [5.41, 5.74) is 0. The van der Waals surface area contributed by atoms with Crippen molar-refractivity contribution >= 4 is 11.9 Å². The van der Waals surface area contributed by atoms with E-state index in [1.807, 2.05) is 0 Å². The zero-order valence-corrected chi connectivity index (χ0v) is 8.23. The van der Waals surface area contributed by atoms with Crippen LogP contribution in [0.25, 0.3) is 0 Å². The van der Waals surface area contributed by atoms with Gasteiger partial charge in [-0.3, -0.25) is 4.79 Å². The summed E-state index contributed by atoms with van der Waals surface area (Å²) in [4.78, 5) is 23.7. The third kappa shape index (κ3) is 2.45. The molecule has 5 nitrogen and oxygen atoms in total. The lowest BCUT2D eigenvalue weighted by Crippen LogP contribution is -2.49. The van der Waals surface area contributed by atoms with Gasteiger partial charge in [0.15, 0.2) is 0 Å². The zero-order valence-electron chi connectivity index (χ0n) is 8.23. The summed E-state index contributed by atoms with van der Waals surface area (Å²) in [6.45, 7) is 0.489. The minimum atomic E-state index is -0.922. The van der Waals surface area contributed by atoms with Gasteiger partial charge in [-0.2, -0.15) is 0 Å². The number of carboxylic acid groups (broad SMARTS) is 1. The Morgan fingerprint density at radius 1 is 1.50 bits per heavy atom. The molecule has 1 rings (SSSR count). The highest BCUT2D eigenvalue weighted by Crippen LogP contribution is 2.17. The van der Waals surface area contributed by atoms with E-state index in [0.717, 1.165) is 12.8 Å². The molecule has 1 amide bonds. The average molecular weight is 201 g/mol. The monoisotopic (exact) mass is 201 g/mol. The standard InChI is InChI=1S/C9H15NO4/c1-14-6-8(11)10-5-3-2-4-7(10)9(12)13/h7H,2-6H2,1H3,(H,12,13)/t7-/m0/s1. The lowest BCUT2D eigenvalue weighted by atomic mass is 10.0. The minimum Gasteiger partial charge on any atom is -0.480 e. The normalized spacial score (nSPS) is 22.1. The molecule has 14 heavy (non-hydrogen) atoms. The summed E-state index contributed by atoms with van der Waals surface area (Å²) in [5.74, 6) is -1.16. The number of hydrogen-bond acceptors (Lipinski definition) is 3. The predicted molar refractivity (Wildman–Crippen MR) is 48.9 cm³/mol. The van der Waals surface area contributed by atoms with E-state index in [1.54, 1.807) is 0 Å². The fourth-order valence-corrected chi connectivity index (χ4v) is 1.69. The lowest BCUT2D eigenvalue weighted by molar-refractivity contribution is -0.153. The summed E-state index contributed by atoms with van der Waals surface area (Å²) >= 11 is 0. The molecule has 0 bridgehead atoms. The van der Waals surface area contributed by atoms with Gasteiger partial charge in [0.2, 0.25) is 5.91 Å². The first-order chi connectivity index (χ1) is 6.66. The largest absolute Gasteiger partial charge is 0.480 e. The van der Waals surface area contributed by atoms with E-state index >= 15 is 0 Å². The van der Waals surface area contributed by atoms with Crippen molar-refractivity contribution in [3.8, 4) is 0 Å². The number of methoxy groups -OCH3 is 1. The highest BCUT2D eigenvalue weighted by atomic mass is 16.5. The molecule has 0 spiro atoms. The van der Waals surface area contributed by atoms with Gasteiger partial charge >= 0.3 is 5.97 Å². The Morgan fingerprint density at radius 2 is 2.21 bits per heavy atom. The maximum Gasteiger partial charge on any atom is 0.326 e. The Bertz CT molecular complexity index is 229. The van der Waals surface area contributed by atoms with Gasteiger partial charge in [0.25, 0.3) is 0 Å². The van der Waals surface area contributed by atoms with Crippen molar-refractivity contribution in [2.75, 3.05) is 20.3 Å². The van der Waals surface area contributed by atoms with Crippen LogP contribution in [-0.4, -0.2) is 48.2 Å². The van der Waals surface area contributed by atoms with Gasteiger partial charge in [-0.05, 0) is 19.3 Å². The van der Waals surface area contributed by atoms with E-state index < -0.39 is 12.0 Å². The highest BCUT2D eigenvalue weighted by Gasteiger charge is 2.31. The molecular weight excluding hydrogens is 186 g/mol. The summed E-state index contributed by atoms with van der Waals surface area (Å²) in [5, 5.41) is 8.89. The van der Waals surface area contributed by atoms with Crippen LogP contribution >= 0.6 is 0 Å². The fourth-order valence-electron chi connectivity index (χ4n) is 1.69. The van der Waals surface area contributed by atoms with Gasteiger partial charge in [0.1, 0.15) is 12.6 Å². The molecular formula is C9H15NO4. The third-order valence-corrected chi connectivity index (χ3v) is 2.38. The Hall–Kier alpha value is -1.10. The number of piperidine rings is 1. The molecule has 1 aliphatic heterocycles. The summed E-state index contributed by atoms with van der Waals surface area (Å²) in [6.07, 6.45) is 2.29. The van der Waals surface area contributed by atoms with Crippen LogP contribution in [0.4, 0.5) is 0 Å². The molecule has 0 radical (unpaired) electrons. The number of rotatable bonds is 3. The van der Waals surface area contributed by atoms with Gasteiger partial charge < -0.3 is 14.7 Å². The quantitative estimate of drug-likeness (QED) is 0.703. The maximum atomic E-state index is 11.5. The number of likely N-dealkylation sites (tertiary alicyclic amines) is 1. The third-order valence-electron chi connectivity index (χ3n) is 2.38. The van der Waals surface area contributed by atoms with Crippen molar-refractivity contribution in [2.24, 2.45) is 0 Å². The molecule has 0 aromatic carbocycles. The SMILES string of the molecule is COCC(=O)N1CCCC[C@H]1C(=O)O. The number of carbonyl (C=O) groups excluding carboxylic acids is 1. The van der Waals surface area contributed by atoms with Crippen molar-refractivity contribution in [3.05, 3.63) is 0 Å². The molecule has 1 fully saturated rings. The Balaban J connectivity index is 2.62. The molecule has 0 saturated carbocycles. The van der Waals surface area contributed by atoms with Crippen LogP contribution < -0.4 is 0 Å². The molecule has 5 heteroatoms. The Labute approximate surface area is 82.6 Å². The predicted octanol–water partition coefficient (Wildman–Crippen LogP) is 0.0985. The molecule has 0 aliphatic carbocycles. The van der Waals surface area contributed by atoms with E-state index in [1.165, 1.54) is 12.0 Å². The van der Waals surface area contributed by atoms with E-state index in [2.05, 4.69) is 0 Å². The molecule has 1 N–H and O–H groups in total. The van der Waals surface area contributed by atoms with Gasteiger partial charge in [-0.25, -0.2) is 4.79 Å². The fraction of sp³-hybridized carbons (Fsp3) is 0.778.